The normalized spacial score (nSPS) is 22.5. The van der Waals surface area contributed by atoms with Crippen molar-refractivity contribution in [2.45, 2.75) is 50.5 Å². The molecule has 0 radical (unpaired) electrons. The minimum Gasteiger partial charge on any atom is -0.469 e. The molecule has 0 amide bonds. The lowest BCUT2D eigenvalue weighted by atomic mass is 9.79. The number of ether oxygens (including phenoxy) is 1. The first kappa shape index (κ1) is 15.3. The zero-order valence-corrected chi connectivity index (χ0v) is 11.1. The lowest BCUT2D eigenvalue weighted by molar-refractivity contribution is -0.573. The summed E-state index contributed by atoms with van der Waals surface area (Å²) in [7, 11) is 1.32. The van der Waals surface area contributed by atoms with E-state index in [1.807, 2.05) is 0 Å². The van der Waals surface area contributed by atoms with E-state index in [-0.39, 0.29) is 23.7 Å². The van der Waals surface area contributed by atoms with Crippen molar-refractivity contribution in [1.29, 1.82) is 0 Å². The number of esters is 1. The smallest absolute Gasteiger partial charge is 0.305 e. The number of nitro groups is 1. The molecule has 6 nitrogen and oxygen atoms in total. The molecule has 0 heterocycles. The highest BCUT2D eigenvalue weighted by atomic mass is 16.6. The molecule has 1 rings (SSSR count). The second kappa shape index (κ2) is 7.01. The number of aldehydes is 1. The van der Waals surface area contributed by atoms with E-state index >= 15 is 0 Å². The van der Waals surface area contributed by atoms with Gasteiger partial charge in [0.2, 0.25) is 5.54 Å². The molecule has 0 aromatic carbocycles. The van der Waals surface area contributed by atoms with E-state index in [4.69, 9.17) is 0 Å². The Morgan fingerprint density at radius 2 is 2.32 bits per heavy atom. The molecule has 1 aliphatic carbocycles. The van der Waals surface area contributed by atoms with Gasteiger partial charge in [-0.05, 0) is 24.8 Å². The largest absolute Gasteiger partial charge is 0.469 e. The maximum Gasteiger partial charge on any atom is 0.305 e. The minimum atomic E-state index is -1.04. The van der Waals surface area contributed by atoms with Gasteiger partial charge in [0, 0.05) is 30.6 Å². The number of rotatable bonds is 7. The molecule has 0 fully saturated rings. The van der Waals surface area contributed by atoms with Gasteiger partial charge in [0.15, 0.2) is 0 Å². The van der Waals surface area contributed by atoms with Crippen LogP contribution in [0.5, 0.6) is 0 Å². The van der Waals surface area contributed by atoms with Gasteiger partial charge in [0.1, 0.15) is 6.29 Å². The average Bonchev–Trinajstić information content (AvgIpc) is 2.43. The van der Waals surface area contributed by atoms with Gasteiger partial charge in [0.25, 0.3) is 0 Å². The van der Waals surface area contributed by atoms with Crippen LogP contribution in [0.2, 0.25) is 0 Å². The van der Waals surface area contributed by atoms with E-state index in [0.717, 1.165) is 0 Å². The highest BCUT2D eigenvalue weighted by Crippen LogP contribution is 2.34. The number of nitrogens with zero attached hydrogens (tertiary/aromatic N) is 1. The van der Waals surface area contributed by atoms with Crippen molar-refractivity contribution in [2.24, 2.45) is 0 Å². The van der Waals surface area contributed by atoms with Gasteiger partial charge >= 0.3 is 5.97 Å². The Bertz CT molecular complexity index is 390. The van der Waals surface area contributed by atoms with Crippen LogP contribution in [0.3, 0.4) is 0 Å². The monoisotopic (exact) mass is 269 g/mol. The Hall–Kier alpha value is -1.72. The topological polar surface area (TPSA) is 86.5 Å². The summed E-state index contributed by atoms with van der Waals surface area (Å²) in [6.45, 7) is 0. The summed E-state index contributed by atoms with van der Waals surface area (Å²) in [5, 5.41) is 11.3. The van der Waals surface area contributed by atoms with Gasteiger partial charge in [-0.2, -0.15) is 0 Å². The molecule has 6 heteroatoms. The maximum absolute atomic E-state index is 11.3. The fourth-order valence-electron chi connectivity index (χ4n) is 2.44. The Morgan fingerprint density at radius 3 is 2.89 bits per heavy atom. The molecule has 0 aliphatic heterocycles. The van der Waals surface area contributed by atoms with Crippen LogP contribution in [0.4, 0.5) is 0 Å². The van der Waals surface area contributed by atoms with E-state index in [2.05, 4.69) is 4.74 Å². The minimum absolute atomic E-state index is 0.196. The molecule has 0 aromatic rings. The van der Waals surface area contributed by atoms with Crippen LogP contribution in [0.15, 0.2) is 11.6 Å². The molecule has 0 bridgehead atoms. The van der Waals surface area contributed by atoms with E-state index in [1.54, 1.807) is 6.08 Å². The SMILES string of the molecule is COC(=O)CCCCC1([N+](=O)[O-])CCC=C(C=O)C1. The van der Waals surface area contributed by atoms with E-state index < -0.39 is 5.54 Å². The predicted octanol–water partition coefficient (Wildman–Crippen LogP) is 2.04. The first-order chi connectivity index (χ1) is 9.04. The Kier molecular flexibility index (Phi) is 5.66. The van der Waals surface area contributed by atoms with E-state index in [0.29, 0.717) is 44.0 Å². The summed E-state index contributed by atoms with van der Waals surface area (Å²) in [5.74, 6) is -0.299. The molecule has 106 valence electrons. The zero-order chi connectivity index (χ0) is 14.3. The van der Waals surface area contributed by atoms with Crippen LogP contribution >= 0.6 is 0 Å². The number of allylic oxidation sites excluding steroid dienone is 1. The van der Waals surface area contributed by atoms with Gasteiger partial charge in [-0.25, -0.2) is 0 Å². The summed E-state index contributed by atoms with van der Waals surface area (Å²) < 4.78 is 4.52. The first-order valence-corrected chi connectivity index (χ1v) is 6.39. The zero-order valence-electron chi connectivity index (χ0n) is 11.1. The number of unbranched alkanes of at least 4 members (excludes halogenated alkanes) is 1. The summed E-state index contributed by atoms with van der Waals surface area (Å²) in [4.78, 5) is 32.8. The molecule has 0 N–H and O–H groups in total. The van der Waals surface area contributed by atoms with Crippen LogP contribution in [0, 0.1) is 10.1 Å². The van der Waals surface area contributed by atoms with Crippen molar-refractivity contribution in [3.63, 3.8) is 0 Å². The van der Waals surface area contributed by atoms with E-state index in [9.17, 15) is 19.7 Å². The average molecular weight is 269 g/mol. The van der Waals surface area contributed by atoms with Gasteiger partial charge in [-0.3, -0.25) is 19.7 Å². The Labute approximate surface area is 112 Å². The molecule has 0 saturated carbocycles. The molecule has 1 aliphatic rings. The third-order valence-electron chi connectivity index (χ3n) is 3.59. The summed E-state index contributed by atoms with van der Waals surface area (Å²) in [5.41, 5.74) is -0.530. The molecule has 19 heavy (non-hydrogen) atoms. The lowest BCUT2D eigenvalue weighted by Crippen LogP contribution is -2.40. The van der Waals surface area contributed by atoms with Gasteiger partial charge in [-0.15, -0.1) is 0 Å². The highest BCUT2D eigenvalue weighted by Gasteiger charge is 2.43. The number of carbonyl (C=O) groups excluding carboxylic acids is 2. The molecular formula is C13H19NO5. The van der Waals surface area contributed by atoms with Crippen molar-refractivity contribution in [2.75, 3.05) is 7.11 Å². The fourth-order valence-corrected chi connectivity index (χ4v) is 2.44. The quantitative estimate of drug-likeness (QED) is 0.232. The Morgan fingerprint density at radius 1 is 1.58 bits per heavy atom. The first-order valence-electron chi connectivity index (χ1n) is 6.39. The molecule has 0 saturated heterocycles. The lowest BCUT2D eigenvalue weighted by Gasteiger charge is -2.28. The second-order valence-corrected chi connectivity index (χ2v) is 4.88. The maximum atomic E-state index is 11.3. The van der Waals surface area contributed by atoms with Crippen LogP contribution in [-0.4, -0.2) is 29.8 Å². The number of hydrogen-bond donors (Lipinski definition) is 0. The molecule has 1 atom stereocenters. The number of methoxy groups -OCH3 is 1. The summed E-state index contributed by atoms with van der Waals surface area (Å²) in [6.07, 6.45) is 5.51. The van der Waals surface area contributed by atoms with Crippen molar-refractivity contribution in [3.05, 3.63) is 21.8 Å². The van der Waals surface area contributed by atoms with Crippen LogP contribution in [0.25, 0.3) is 0 Å². The summed E-state index contributed by atoms with van der Waals surface area (Å²) >= 11 is 0. The van der Waals surface area contributed by atoms with Crippen molar-refractivity contribution < 1.29 is 19.2 Å². The third kappa shape index (κ3) is 4.15. The third-order valence-corrected chi connectivity index (χ3v) is 3.59. The molecule has 1 unspecified atom stereocenters. The number of hydrogen-bond acceptors (Lipinski definition) is 5. The van der Waals surface area contributed by atoms with Gasteiger partial charge in [0.05, 0.1) is 7.11 Å². The second-order valence-electron chi connectivity index (χ2n) is 4.88. The predicted molar refractivity (Wildman–Crippen MR) is 68.2 cm³/mol. The molecular weight excluding hydrogens is 250 g/mol. The van der Waals surface area contributed by atoms with Crippen molar-refractivity contribution in [1.82, 2.24) is 0 Å². The van der Waals surface area contributed by atoms with Crippen LogP contribution < -0.4 is 0 Å². The fraction of sp³-hybridized carbons (Fsp3) is 0.692. The Balaban J connectivity index is 2.54. The van der Waals surface area contributed by atoms with E-state index in [1.165, 1.54) is 7.11 Å². The van der Waals surface area contributed by atoms with Crippen molar-refractivity contribution >= 4 is 12.3 Å². The number of carbonyl (C=O) groups is 2. The van der Waals surface area contributed by atoms with Gasteiger partial charge in [-0.1, -0.05) is 6.08 Å². The van der Waals surface area contributed by atoms with Crippen molar-refractivity contribution in [3.8, 4) is 0 Å². The van der Waals surface area contributed by atoms with Crippen LogP contribution in [0.1, 0.15) is 44.9 Å². The molecule has 0 spiro atoms. The standard InChI is InChI=1S/C13H19NO5/c1-19-12(16)6-2-3-7-13(14(17)18)8-4-5-11(9-13)10-15/h5,10H,2-4,6-9H2,1H3. The van der Waals surface area contributed by atoms with Gasteiger partial charge < -0.3 is 4.74 Å². The van der Waals surface area contributed by atoms with Crippen LogP contribution in [-0.2, 0) is 14.3 Å². The molecule has 0 aromatic heterocycles. The summed E-state index contributed by atoms with van der Waals surface area (Å²) in [6, 6.07) is 0. The highest BCUT2D eigenvalue weighted by molar-refractivity contribution is 5.73.